The van der Waals surface area contributed by atoms with Crippen molar-refractivity contribution in [1.82, 2.24) is 9.88 Å². The summed E-state index contributed by atoms with van der Waals surface area (Å²) in [7, 11) is 1.64. The van der Waals surface area contributed by atoms with Crippen LogP contribution in [0.4, 0.5) is 0 Å². The number of nitrogens with zero attached hydrogens (tertiary/aromatic N) is 2. The second-order valence-electron chi connectivity index (χ2n) is 3.32. The number of rotatable bonds is 3. The molecular weight excluding hydrogens is 216 g/mol. The predicted octanol–water partition coefficient (Wildman–Crippen LogP) is 1.19. The Bertz CT molecular complexity index is 340. The van der Waals surface area contributed by atoms with Crippen LogP contribution in [0.25, 0.3) is 0 Å². The van der Waals surface area contributed by atoms with Gasteiger partial charge in [0.05, 0.1) is 18.2 Å². The van der Waals surface area contributed by atoms with E-state index in [1.54, 1.807) is 26.1 Å². The van der Waals surface area contributed by atoms with Gasteiger partial charge in [-0.1, -0.05) is 11.6 Å². The van der Waals surface area contributed by atoms with E-state index in [9.17, 15) is 4.79 Å². The zero-order valence-corrected chi connectivity index (χ0v) is 9.40. The quantitative estimate of drug-likeness (QED) is 0.791. The molecule has 5 heteroatoms. The van der Waals surface area contributed by atoms with Gasteiger partial charge in [0.2, 0.25) is 0 Å². The molecule has 1 amide bonds. The molecule has 0 aromatic carbocycles. The summed E-state index contributed by atoms with van der Waals surface area (Å²) in [5, 5.41) is 9.27. The SMILES string of the molecule is CC(CO)N(C)C(=O)c1ccc(Cl)nc1. The number of aromatic nitrogens is 1. The lowest BCUT2D eigenvalue weighted by molar-refractivity contribution is 0.0682. The number of carbonyl (C=O) groups excluding carboxylic acids is 1. The topological polar surface area (TPSA) is 53.4 Å². The first-order valence-electron chi connectivity index (χ1n) is 4.56. The molecule has 0 aliphatic heterocycles. The third kappa shape index (κ3) is 2.91. The van der Waals surface area contributed by atoms with Crippen LogP contribution in [0.3, 0.4) is 0 Å². The van der Waals surface area contributed by atoms with Gasteiger partial charge in [-0.3, -0.25) is 4.79 Å². The molecule has 0 aliphatic rings. The van der Waals surface area contributed by atoms with E-state index in [-0.39, 0.29) is 18.6 Å². The molecule has 1 aromatic heterocycles. The molecule has 0 aliphatic carbocycles. The lowest BCUT2D eigenvalue weighted by Gasteiger charge is -2.22. The minimum absolute atomic E-state index is 0.0662. The Morgan fingerprint density at radius 3 is 2.80 bits per heavy atom. The van der Waals surface area contributed by atoms with E-state index in [2.05, 4.69) is 4.98 Å². The summed E-state index contributed by atoms with van der Waals surface area (Å²) >= 11 is 5.61. The van der Waals surface area contributed by atoms with Crippen molar-refractivity contribution in [3.8, 4) is 0 Å². The van der Waals surface area contributed by atoms with Crippen LogP contribution >= 0.6 is 11.6 Å². The van der Waals surface area contributed by atoms with Gasteiger partial charge in [0, 0.05) is 13.2 Å². The van der Waals surface area contributed by atoms with Crippen molar-refractivity contribution in [1.29, 1.82) is 0 Å². The maximum atomic E-state index is 11.8. The molecule has 1 rings (SSSR count). The molecule has 15 heavy (non-hydrogen) atoms. The average Bonchev–Trinajstić information content (AvgIpc) is 2.27. The number of hydrogen-bond donors (Lipinski definition) is 1. The van der Waals surface area contributed by atoms with Crippen LogP contribution in [0.15, 0.2) is 18.3 Å². The summed E-state index contributed by atoms with van der Waals surface area (Å²) in [6, 6.07) is 2.96. The molecule has 0 spiro atoms. The van der Waals surface area contributed by atoms with Gasteiger partial charge in [-0.15, -0.1) is 0 Å². The smallest absolute Gasteiger partial charge is 0.255 e. The van der Waals surface area contributed by atoms with Crippen molar-refractivity contribution >= 4 is 17.5 Å². The van der Waals surface area contributed by atoms with E-state index in [1.165, 1.54) is 11.1 Å². The highest BCUT2D eigenvalue weighted by atomic mass is 35.5. The number of likely N-dealkylation sites (N-methyl/N-ethyl adjacent to an activating group) is 1. The number of pyridine rings is 1. The van der Waals surface area contributed by atoms with Crippen molar-refractivity contribution in [2.75, 3.05) is 13.7 Å². The Balaban J connectivity index is 2.80. The molecule has 0 bridgehead atoms. The fourth-order valence-electron chi connectivity index (χ4n) is 1.03. The van der Waals surface area contributed by atoms with Gasteiger partial charge in [0.1, 0.15) is 5.15 Å². The molecule has 4 nitrogen and oxygen atoms in total. The van der Waals surface area contributed by atoms with Gasteiger partial charge < -0.3 is 10.0 Å². The van der Waals surface area contributed by atoms with Crippen LogP contribution in [0.1, 0.15) is 17.3 Å². The van der Waals surface area contributed by atoms with Crippen LogP contribution < -0.4 is 0 Å². The minimum atomic E-state index is -0.215. The number of carbonyl (C=O) groups is 1. The Morgan fingerprint density at radius 1 is 1.67 bits per heavy atom. The fourth-order valence-corrected chi connectivity index (χ4v) is 1.14. The molecule has 1 N–H and O–H groups in total. The maximum absolute atomic E-state index is 11.8. The number of amides is 1. The van der Waals surface area contributed by atoms with Crippen LogP contribution in [-0.4, -0.2) is 40.6 Å². The Kier molecular flexibility index (Phi) is 4.05. The van der Waals surface area contributed by atoms with Gasteiger partial charge in [0.15, 0.2) is 0 Å². The zero-order valence-electron chi connectivity index (χ0n) is 8.64. The predicted molar refractivity (Wildman–Crippen MR) is 57.9 cm³/mol. The molecule has 82 valence electrons. The number of aliphatic hydroxyl groups is 1. The summed E-state index contributed by atoms with van der Waals surface area (Å²) in [5.41, 5.74) is 0.460. The van der Waals surface area contributed by atoms with Crippen LogP contribution in [-0.2, 0) is 0 Å². The first-order valence-corrected chi connectivity index (χ1v) is 4.93. The van der Waals surface area contributed by atoms with Gasteiger partial charge in [0.25, 0.3) is 5.91 Å². The summed E-state index contributed by atoms with van der Waals surface area (Å²) in [5.74, 6) is -0.180. The highest BCUT2D eigenvalue weighted by Gasteiger charge is 2.16. The highest BCUT2D eigenvalue weighted by molar-refractivity contribution is 6.29. The number of halogens is 1. The molecule has 0 fully saturated rings. The van der Waals surface area contributed by atoms with E-state index in [1.807, 2.05) is 0 Å². The Hall–Kier alpha value is -1.13. The van der Waals surface area contributed by atoms with Crippen molar-refractivity contribution in [3.05, 3.63) is 29.0 Å². The standard InChI is InChI=1S/C10H13ClN2O2/c1-7(6-14)13(2)10(15)8-3-4-9(11)12-5-8/h3-5,7,14H,6H2,1-2H3. The third-order valence-corrected chi connectivity index (χ3v) is 2.44. The minimum Gasteiger partial charge on any atom is -0.394 e. The zero-order chi connectivity index (χ0) is 11.4. The maximum Gasteiger partial charge on any atom is 0.255 e. The fraction of sp³-hybridized carbons (Fsp3) is 0.400. The van der Waals surface area contributed by atoms with Gasteiger partial charge in [-0.2, -0.15) is 0 Å². The second-order valence-corrected chi connectivity index (χ2v) is 3.70. The molecule has 1 atom stereocenters. The van der Waals surface area contributed by atoms with Crippen LogP contribution in [0.5, 0.6) is 0 Å². The van der Waals surface area contributed by atoms with E-state index < -0.39 is 0 Å². The van der Waals surface area contributed by atoms with Crippen molar-refractivity contribution < 1.29 is 9.90 Å². The van der Waals surface area contributed by atoms with E-state index in [0.717, 1.165) is 0 Å². The molecular formula is C10H13ClN2O2. The van der Waals surface area contributed by atoms with Crippen LogP contribution in [0, 0.1) is 0 Å². The van der Waals surface area contributed by atoms with Crippen molar-refractivity contribution in [2.24, 2.45) is 0 Å². The molecule has 0 radical (unpaired) electrons. The summed E-state index contributed by atoms with van der Waals surface area (Å²) in [4.78, 5) is 17.1. The lowest BCUT2D eigenvalue weighted by atomic mass is 10.2. The van der Waals surface area contributed by atoms with Gasteiger partial charge >= 0.3 is 0 Å². The highest BCUT2D eigenvalue weighted by Crippen LogP contribution is 2.08. The van der Waals surface area contributed by atoms with Gasteiger partial charge in [-0.25, -0.2) is 4.98 Å². The Labute approximate surface area is 93.5 Å². The van der Waals surface area contributed by atoms with E-state index in [4.69, 9.17) is 16.7 Å². The number of hydrogen-bond acceptors (Lipinski definition) is 3. The first-order chi connectivity index (χ1) is 7.06. The molecule has 1 unspecified atom stereocenters. The second kappa shape index (κ2) is 5.09. The lowest BCUT2D eigenvalue weighted by Crippen LogP contribution is -2.37. The number of aliphatic hydroxyl groups excluding tert-OH is 1. The average molecular weight is 229 g/mol. The Morgan fingerprint density at radius 2 is 2.33 bits per heavy atom. The summed E-state index contributed by atoms with van der Waals surface area (Å²) in [6.45, 7) is 1.70. The van der Waals surface area contributed by atoms with Crippen molar-refractivity contribution in [3.63, 3.8) is 0 Å². The van der Waals surface area contributed by atoms with E-state index in [0.29, 0.717) is 10.7 Å². The molecule has 0 saturated heterocycles. The summed E-state index contributed by atoms with van der Waals surface area (Å²) in [6.07, 6.45) is 1.42. The summed E-state index contributed by atoms with van der Waals surface area (Å²) < 4.78 is 0. The third-order valence-electron chi connectivity index (χ3n) is 2.22. The first kappa shape index (κ1) is 11.9. The normalized spacial score (nSPS) is 12.3. The molecule has 0 saturated carbocycles. The van der Waals surface area contributed by atoms with Crippen molar-refractivity contribution in [2.45, 2.75) is 13.0 Å². The molecule has 1 aromatic rings. The van der Waals surface area contributed by atoms with E-state index >= 15 is 0 Å². The molecule has 1 heterocycles. The largest absolute Gasteiger partial charge is 0.394 e. The van der Waals surface area contributed by atoms with Gasteiger partial charge in [-0.05, 0) is 19.1 Å². The van der Waals surface area contributed by atoms with Crippen LogP contribution in [0.2, 0.25) is 5.15 Å². The monoisotopic (exact) mass is 228 g/mol.